The molecule has 10 heteroatoms. The summed E-state index contributed by atoms with van der Waals surface area (Å²) in [6.45, 7) is 0. The van der Waals surface area contributed by atoms with Crippen molar-refractivity contribution >= 4 is 38.3 Å². The fourth-order valence-corrected chi connectivity index (χ4v) is 5.25. The SMILES string of the molecule is COc1ccc(F)cc1-c1cn(C)c(=O)cc1C(=O)Nc1nnc(C2C[C@H]2c2ccc(Br)cc2)s1. The zero-order chi connectivity index (χ0) is 24.7. The highest BCUT2D eigenvalue weighted by Crippen LogP contribution is 2.55. The summed E-state index contributed by atoms with van der Waals surface area (Å²) in [5.41, 5.74) is 1.69. The standard InChI is InChI=1S/C25H20BrFN4O3S/c1-31-12-20(17-9-15(27)7-8-21(17)34-2)18(11-22(31)32)23(33)28-25-30-29-24(35-25)19-10-16(19)13-3-5-14(26)6-4-13/h3-9,11-12,16,19H,10H2,1-2H3,(H,28,30,33)/t16-,19?/m0/s1. The van der Waals surface area contributed by atoms with E-state index in [1.165, 1.54) is 59.0 Å². The van der Waals surface area contributed by atoms with Crippen LogP contribution in [0.25, 0.3) is 11.1 Å². The molecule has 1 saturated carbocycles. The van der Waals surface area contributed by atoms with Crippen molar-refractivity contribution in [3.05, 3.63) is 91.5 Å². The van der Waals surface area contributed by atoms with Crippen LogP contribution in [-0.4, -0.2) is 27.8 Å². The Kier molecular flexibility index (Phi) is 6.24. The minimum atomic E-state index is -0.535. The van der Waals surface area contributed by atoms with E-state index in [4.69, 9.17) is 4.74 Å². The number of carbonyl (C=O) groups excluding carboxylic acids is 1. The molecule has 35 heavy (non-hydrogen) atoms. The van der Waals surface area contributed by atoms with Crippen molar-refractivity contribution in [1.29, 1.82) is 0 Å². The molecule has 1 amide bonds. The summed E-state index contributed by atoms with van der Waals surface area (Å²) >= 11 is 4.77. The minimum Gasteiger partial charge on any atom is -0.496 e. The summed E-state index contributed by atoms with van der Waals surface area (Å²) in [6, 6.07) is 13.5. The van der Waals surface area contributed by atoms with Crippen LogP contribution in [0, 0.1) is 5.82 Å². The summed E-state index contributed by atoms with van der Waals surface area (Å²) in [4.78, 5) is 25.6. The number of ether oxygens (including phenoxy) is 1. The van der Waals surface area contributed by atoms with E-state index in [1.807, 2.05) is 12.1 Å². The molecule has 7 nitrogen and oxygen atoms in total. The average molecular weight is 555 g/mol. The Morgan fingerprint density at radius 2 is 1.91 bits per heavy atom. The zero-order valence-electron chi connectivity index (χ0n) is 18.8. The van der Waals surface area contributed by atoms with Crippen LogP contribution >= 0.6 is 27.3 Å². The fraction of sp³-hybridized carbons (Fsp3) is 0.200. The fourth-order valence-electron chi connectivity index (χ4n) is 4.07. The lowest BCUT2D eigenvalue weighted by atomic mass is 10.00. The summed E-state index contributed by atoms with van der Waals surface area (Å²) in [7, 11) is 3.02. The smallest absolute Gasteiger partial charge is 0.258 e. The number of aromatic nitrogens is 3. The van der Waals surface area contributed by atoms with Gasteiger partial charge in [-0.25, -0.2) is 4.39 Å². The van der Waals surface area contributed by atoms with Crippen LogP contribution in [0.1, 0.15) is 39.2 Å². The molecule has 0 bridgehead atoms. The van der Waals surface area contributed by atoms with Crippen molar-refractivity contribution in [3.8, 4) is 16.9 Å². The second kappa shape index (κ2) is 9.35. The molecule has 1 aliphatic carbocycles. The molecule has 1 unspecified atom stereocenters. The minimum absolute atomic E-state index is 0.0907. The van der Waals surface area contributed by atoms with Gasteiger partial charge < -0.3 is 9.30 Å². The van der Waals surface area contributed by atoms with E-state index in [1.54, 1.807) is 7.05 Å². The highest BCUT2D eigenvalue weighted by atomic mass is 79.9. The first-order valence-corrected chi connectivity index (χ1v) is 12.4. The molecule has 2 heterocycles. The van der Waals surface area contributed by atoms with E-state index in [0.29, 0.717) is 27.9 Å². The number of methoxy groups -OCH3 is 1. The molecule has 1 N–H and O–H groups in total. The summed E-state index contributed by atoms with van der Waals surface area (Å²) in [5, 5.41) is 12.4. The Morgan fingerprint density at radius 3 is 2.66 bits per heavy atom. The maximum absolute atomic E-state index is 14.0. The summed E-state index contributed by atoms with van der Waals surface area (Å²) in [5.74, 6) is -0.00391. The lowest BCUT2D eigenvalue weighted by molar-refractivity contribution is 0.102. The van der Waals surface area contributed by atoms with Crippen molar-refractivity contribution in [3.63, 3.8) is 0 Å². The summed E-state index contributed by atoms with van der Waals surface area (Å²) < 4.78 is 21.8. The number of rotatable bonds is 6. The first-order chi connectivity index (χ1) is 16.8. The van der Waals surface area contributed by atoms with Gasteiger partial charge in [-0.1, -0.05) is 39.4 Å². The van der Waals surface area contributed by atoms with Crippen molar-refractivity contribution < 1.29 is 13.9 Å². The molecule has 0 spiro atoms. The highest BCUT2D eigenvalue weighted by molar-refractivity contribution is 9.10. The van der Waals surface area contributed by atoms with Crippen molar-refractivity contribution in [2.24, 2.45) is 7.05 Å². The van der Waals surface area contributed by atoms with E-state index in [2.05, 4.69) is 43.6 Å². The first-order valence-electron chi connectivity index (χ1n) is 10.8. The third-order valence-corrected chi connectivity index (χ3v) is 7.49. The number of nitrogens with zero attached hydrogens (tertiary/aromatic N) is 3. The van der Waals surface area contributed by atoms with E-state index in [9.17, 15) is 14.0 Å². The highest BCUT2D eigenvalue weighted by Gasteiger charge is 2.42. The molecule has 1 fully saturated rings. The van der Waals surface area contributed by atoms with Crippen LogP contribution in [0.2, 0.25) is 0 Å². The largest absolute Gasteiger partial charge is 0.496 e. The second-order valence-electron chi connectivity index (χ2n) is 8.29. The molecule has 5 rings (SSSR count). The molecule has 0 saturated heterocycles. The predicted octanol–water partition coefficient (Wildman–Crippen LogP) is 5.34. The van der Waals surface area contributed by atoms with Gasteiger partial charge in [0.25, 0.3) is 11.5 Å². The predicted molar refractivity (Wildman–Crippen MR) is 136 cm³/mol. The number of benzene rings is 2. The Bertz CT molecular complexity index is 1490. The molecule has 0 radical (unpaired) electrons. The number of hydrogen-bond acceptors (Lipinski definition) is 6. The van der Waals surface area contributed by atoms with Gasteiger partial charge in [0.1, 0.15) is 16.6 Å². The molecule has 1 aliphatic rings. The van der Waals surface area contributed by atoms with E-state index < -0.39 is 11.7 Å². The van der Waals surface area contributed by atoms with E-state index >= 15 is 0 Å². The van der Waals surface area contributed by atoms with Gasteiger partial charge in [0.15, 0.2) is 0 Å². The molecule has 0 aliphatic heterocycles. The van der Waals surface area contributed by atoms with Crippen molar-refractivity contribution in [2.75, 3.05) is 12.4 Å². The molecule has 4 aromatic rings. The normalized spacial score (nSPS) is 16.7. The van der Waals surface area contributed by atoms with Crippen LogP contribution < -0.4 is 15.6 Å². The maximum atomic E-state index is 14.0. The Labute approximate surface area is 212 Å². The van der Waals surface area contributed by atoms with Crippen molar-refractivity contribution in [2.45, 2.75) is 18.3 Å². The second-order valence-corrected chi connectivity index (χ2v) is 10.2. The zero-order valence-corrected chi connectivity index (χ0v) is 21.2. The number of anilines is 1. The third kappa shape index (κ3) is 4.76. The maximum Gasteiger partial charge on any atom is 0.258 e. The lowest BCUT2D eigenvalue weighted by Gasteiger charge is -2.14. The molecular weight excluding hydrogens is 535 g/mol. The molecule has 2 atom stereocenters. The number of pyridine rings is 1. The Hall–Kier alpha value is -3.37. The van der Waals surface area contributed by atoms with Gasteiger partial charge in [-0.2, -0.15) is 0 Å². The van der Waals surface area contributed by atoms with Gasteiger partial charge in [0.2, 0.25) is 5.13 Å². The van der Waals surface area contributed by atoms with Crippen LogP contribution in [0.3, 0.4) is 0 Å². The lowest BCUT2D eigenvalue weighted by Crippen LogP contribution is -2.21. The number of nitrogens with one attached hydrogen (secondary N) is 1. The third-order valence-electron chi connectivity index (χ3n) is 5.99. The number of aryl methyl sites for hydroxylation is 1. The monoisotopic (exact) mass is 554 g/mol. The van der Waals surface area contributed by atoms with Gasteiger partial charge in [-0.3, -0.25) is 14.9 Å². The van der Waals surface area contributed by atoms with Crippen LogP contribution in [0.5, 0.6) is 5.75 Å². The first kappa shape index (κ1) is 23.4. The van der Waals surface area contributed by atoms with Crippen LogP contribution in [0.15, 0.2) is 64.0 Å². The number of hydrogen-bond donors (Lipinski definition) is 1. The van der Waals surface area contributed by atoms with E-state index in [0.717, 1.165) is 15.9 Å². The van der Waals surface area contributed by atoms with Gasteiger partial charge in [0, 0.05) is 40.8 Å². The van der Waals surface area contributed by atoms with Gasteiger partial charge >= 0.3 is 0 Å². The Morgan fingerprint density at radius 1 is 1.14 bits per heavy atom. The van der Waals surface area contributed by atoms with Gasteiger partial charge in [0.05, 0.1) is 12.7 Å². The van der Waals surface area contributed by atoms with Crippen LogP contribution in [-0.2, 0) is 7.05 Å². The van der Waals surface area contributed by atoms with E-state index in [-0.39, 0.29) is 17.0 Å². The molecule has 2 aromatic heterocycles. The molecular formula is C25H20BrFN4O3S. The molecule has 2 aromatic carbocycles. The van der Waals surface area contributed by atoms with Crippen molar-refractivity contribution in [1.82, 2.24) is 14.8 Å². The molecule has 178 valence electrons. The topological polar surface area (TPSA) is 86.1 Å². The van der Waals surface area contributed by atoms with Gasteiger partial charge in [-0.05, 0) is 48.2 Å². The van der Waals surface area contributed by atoms with Crippen LogP contribution in [0.4, 0.5) is 9.52 Å². The van der Waals surface area contributed by atoms with Gasteiger partial charge in [-0.15, -0.1) is 10.2 Å². The number of amides is 1. The quantitative estimate of drug-likeness (QED) is 0.347. The average Bonchev–Trinajstić information content (AvgIpc) is 3.51. The summed E-state index contributed by atoms with van der Waals surface area (Å²) in [6.07, 6.45) is 2.47. The Balaban J connectivity index is 1.40. The number of halogens is 2. The number of carbonyl (C=O) groups is 1.